The number of nitrogens with one attached hydrogen (secondary N) is 1. The number of primary amides is 1. The molecule has 0 aromatic heterocycles. The Hall–Kier alpha value is -2.62. The van der Waals surface area contributed by atoms with Gasteiger partial charge in [0.1, 0.15) is 6.04 Å². The Kier molecular flexibility index (Phi) is 4.72. The van der Waals surface area contributed by atoms with Crippen LogP contribution < -0.4 is 11.1 Å². The van der Waals surface area contributed by atoms with Crippen molar-refractivity contribution < 1.29 is 9.59 Å². The number of carbonyl (C=O) groups excluding carboxylic acids is 2. The highest BCUT2D eigenvalue weighted by atomic mass is 16.2. The van der Waals surface area contributed by atoms with Crippen molar-refractivity contribution in [1.82, 2.24) is 5.32 Å². The number of hydrogen-bond donors (Lipinski definition) is 2. The van der Waals surface area contributed by atoms with E-state index in [2.05, 4.69) is 5.32 Å². The van der Waals surface area contributed by atoms with Crippen LogP contribution in [0.25, 0.3) is 11.1 Å². The molecule has 0 unspecified atom stereocenters. The summed E-state index contributed by atoms with van der Waals surface area (Å²) in [5, 5.41) is 2.63. The van der Waals surface area contributed by atoms with E-state index >= 15 is 0 Å². The molecule has 4 nitrogen and oxygen atoms in total. The van der Waals surface area contributed by atoms with Crippen molar-refractivity contribution in [2.45, 2.75) is 19.4 Å². The van der Waals surface area contributed by atoms with Gasteiger partial charge in [0, 0.05) is 5.56 Å². The quantitative estimate of drug-likeness (QED) is 0.883. The molecule has 0 fully saturated rings. The molecule has 0 heterocycles. The van der Waals surface area contributed by atoms with Gasteiger partial charge in [0.25, 0.3) is 5.91 Å². The molecule has 4 heteroatoms. The molecular weight excluding hydrogens is 264 g/mol. The first-order valence-corrected chi connectivity index (χ1v) is 6.87. The standard InChI is InChI=1S/C17H18N2O2/c1-2-15(16(18)20)19-17(21)14-10-8-13(9-11-14)12-6-4-3-5-7-12/h3-11,15H,2H2,1H3,(H2,18,20)(H,19,21)/t15-/m0/s1. The van der Waals surface area contributed by atoms with E-state index in [1.165, 1.54) is 0 Å². The molecule has 0 saturated carbocycles. The molecule has 2 aromatic rings. The fourth-order valence-corrected chi connectivity index (χ4v) is 2.06. The Morgan fingerprint density at radius 2 is 1.57 bits per heavy atom. The Labute approximate surface area is 124 Å². The van der Waals surface area contributed by atoms with Gasteiger partial charge in [0.05, 0.1) is 0 Å². The zero-order valence-corrected chi connectivity index (χ0v) is 11.9. The summed E-state index contributed by atoms with van der Waals surface area (Å²) in [5.41, 5.74) is 7.86. The highest BCUT2D eigenvalue weighted by molar-refractivity contribution is 5.97. The number of nitrogens with two attached hydrogens (primary N) is 1. The molecule has 0 saturated heterocycles. The van der Waals surface area contributed by atoms with E-state index in [0.29, 0.717) is 12.0 Å². The lowest BCUT2D eigenvalue weighted by Crippen LogP contribution is -2.43. The second-order valence-electron chi connectivity index (χ2n) is 4.78. The van der Waals surface area contributed by atoms with Crippen LogP contribution in [0.4, 0.5) is 0 Å². The van der Waals surface area contributed by atoms with Crippen molar-refractivity contribution in [2.24, 2.45) is 5.73 Å². The molecule has 1 atom stereocenters. The first kappa shape index (κ1) is 14.8. The molecular formula is C17H18N2O2. The van der Waals surface area contributed by atoms with E-state index in [1.807, 2.05) is 42.5 Å². The van der Waals surface area contributed by atoms with Gasteiger partial charge < -0.3 is 11.1 Å². The molecule has 0 spiro atoms. The van der Waals surface area contributed by atoms with Crippen LogP contribution in [0.2, 0.25) is 0 Å². The van der Waals surface area contributed by atoms with E-state index in [1.54, 1.807) is 19.1 Å². The predicted molar refractivity (Wildman–Crippen MR) is 82.6 cm³/mol. The minimum atomic E-state index is -0.633. The number of benzene rings is 2. The fourth-order valence-electron chi connectivity index (χ4n) is 2.06. The van der Waals surface area contributed by atoms with E-state index in [9.17, 15) is 9.59 Å². The van der Waals surface area contributed by atoms with Gasteiger partial charge in [0.15, 0.2) is 0 Å². The Morgan fingerprint density at radius 1 is 1.00 bits per heavy atom. The van der Waals surface area contributed by atoms with Crippen LogP contribution in [0.3, 0.4) is 0 Å². The second-order valence-corrected chi connectivity index (χ2v) is 4.78. The van der Waals surface area contributed by atoms with Gasteiger partial charge in [-0.25, -0.2) is 0 Å². The van der Waals surface area contributed by atoms with Gasteiger partial charge in [-0.3, -0.25) is 9.59 Å². The minimum absolute atomic E-state index is 0.291. The van der Waals surface area contributed by atoms with Crippen LogP contribution in [0, 0.1) is 0 Å². The summed E-state index contributed by atoms with van der Waals surface area (Å²) in [6.07, 6.45) is 0.475. The van der Waals surface area contributed by atoms with Crippen molar-refractivity contribution in [2.75, 3.05) is 0 Å². The highest BCUT2D eigenvalue weighted by Crippen LogP contribution is 2.19. The molecule has 108 valence electrons. The van der Waals surface area contributed by atoms with Crippen molar-refractivity contribution in [3.05, 3.63) is 60.2 Å². The van der Waals surface area contributed by atoms with Crippen LogP contribution in [-0.4, -0.2) is 17.9 Å². The maximum absolute atomic E-state index is 12.0. The topological polar surface area (TPSA) is 72.2 Å². The predicted octanol–water partition coefficient (Wildman–Crippen LogP) is 2.35. The lowest BCUT2D eigenvalue weighted by molar-refractivity contribution is -0.119. The highest BCUT2D eigenvalue weighted by Gasteiger charge is 2.16. The van der Waals surface area contributed by atoms with Gasteiger partial charge in [-0.1, -0.05) is 49.4 Å². The molecule has 0 bridgehead atoms. The van der Waals surface area contributed by atoms with Gasteiger partial charge >= 0.3 is 0 Å². The van der Waals surface area contributed by atoms with Crippen LogP contribution in [-0.2, 0) is 4.79 Å². The third-order valence-electron chi connectivity index (χ3n) is 3.31. The van der Waals surface area contributed by atoms with Crippen LogP contribution in [0.15, 0.2) is 54.6 Å². The molecule has 2 rings (SSSR count). The molecule has 2 aromatic carbocycles. The first-order valence-electron chi connectivity index (χ1n) is 6.87. The van der Waals surface area contributed by atoms with E-state index < -0.39 is 11.9 Å². The normalized spacial score (nSPS) is 11.7. The molecule has 3 N–H and O–H groups in total. The van der Waals surface area contributed by atoms with Crippen LogP contribution in [0.1, 0.15) is 23.7 Å². The van der Waals surface area contributed by atoms with Crippen LogP contribution in [0.5, 0.6) is 0 Å². The smallest absolute Gasteiger partial charge is 0.251 e. The Morgan fingerprint density at radius 3 is 2.10 bits per heavy atom. The lowest BCUT2D eigenvalue weighted by Gasteiger charge is -2.13. The first-order chi connectivity index (χ1) is 10.1. The SMILES string of the molecule is CC[C@H](NC(=O)c1ccc(-c2ccccc2)cc1)C(N)=O. The Bertz CT molecular complexity index is 621. The monoisotopic (exact) mass is 282 g/mol. The van der Waals surface area contributed by atoms with Crippen molar-refractivity contribution in [1.29, 1.82) is 0 Å². The fraction of sp³-hybridized carbons (Fsp3) is 0.176. The van der Waals surface area contributed by atoms with E-state index in [4.69, 9.17) is 5.73 Å². The average Bonchev–Trinajstić information content (AvgIpc) is 2.53. The third-order valence-corrected chi connectivity index (χ3v) is 3.31. The summed E-state index contributed by atoms with van der Waals surface area (Å²) in [6.45, 7) is 1.80. The summed E-state index contributed by atoms with van der Waals surface area (Å²) in [7, 11) is 0. The van der Waals surface area contributed by atoms with Crippen molar-refractivity contribution >= 4 is 11.8 Å². The molecule has 0 aliphatic heterocycles. The molecule has 0 radical (unpaired) electrons. The number of rotatable bonds is 5. The molecule has 0 aliphatic carbocycles. The average molecular weight is 282 g/mol. The van der Waals surface area contributed by atoms with E-state index in [0.717, 1.165) is 11.1 Å². The Balaban J connectivity index is 2.12. The summed E-state index contributed by atoms with van der Waals surface area (Å²) < 4.78 is 0. The molecule has 2 amide bonds. The lowest BCUT2D eigenvalue weighted by atomic mass is 10.0. The van der Waals surface area contributed by atoms with Gasteiger partial charge in [-0.15, -0.1) is 0 Å². The minimum Gasteiger partial charge on any atom is -0.368 e. The van der Waals surface area contributed by atoms with Crippen LogP contribution >= 0.6 is 0 Å². The number of hydrogen-bond acceptors (Lipinski definition) is 2. The summed E-state index contributed by atoms with van der Waals surface area (Å²) in [4.78, 5) is 23.2. The van der Waals surface area contributed by atoms with E-state index in [-0.39, 0.29) is 5.91 Å². The van der Waals surface area contributed by atoms with Gasteiger partial charge in [0.2, 0.25) is 5.91 Å². The summed E-state index contributed by atoms with van der Waals surface area (Å²) in [5.74, 6) is -0.813. The number of amides is 2. The number of carbonyl (C=O) groups is 2. The summed E-state index contributed by atoms with van der Waals surface area (Å²) in [6, 6.07) is 16.5. The van der Waals surface area contributed by atoms with Gasteiger partial charge in [-0.05, 0) is 29.7 Å². The second kappa shape index (κ2) is 6.70. The third kappa shape index (κ3) is 3.69. The largest absolute Gasteiger partial charge is 0.368 e. The maximum Gasteiger partial charge on any atom is 0.251 e. The van der Waals surface area contributed by atoms with Gasteiger partial charge in [-0.2, -0.15) is 0 Å². The maximum atomic E-state index is 12.0. The zero-order valence-electron chi connectivity index (χ0n) is 11.9. The zero-order chi connectivity index (χ0) is 15.2. The molecule has 21 heavy (non-hydrogen) atoms. The molecule has 0 aliphatic rings. The van der Waals surface area contributed by atoms with Crippen molar-refractivity contribution in [3.63, 3.8) is 0 Å². The van der Waals surface area contributed by atoms with Crippen molar-refractivity contribution in [3.8, 4) is 11.1 Å². The summed E-state index contributed by atoms with van der Waals surface area (Å²) >= 11 is 0.